The highest BCUT2D eigenvalue weighted by Crippen LogP contribution is 2.32. The molecular weight excluding hydrogens is 455 g/mol. The van der Waals surface area contributed by atoms with E-state index in [1.807, 2.05) is 11.0 Å². The van der Waals surface area contributed by atoms with Crippen LogP contribution in [0.4, 0.5) is 18.9 Å². The largest absolute Gasteiger partial charge is 0.573 e. The normalized spacial score (nSPS) is 16.0. The summed E-state index contributed by atoms with van der Waals surface area (Å²) in [5.41, 5.74) is 1.19. The third-order valence-corrected chi connectivity index (χ3v) is 5.24. The molecule has 2 amide bonds. The lowest BCUT2D eigenvalue weighted by atomic mass is 10.2. The van der Waals surface area contributed by atoms with Crippen LogP contribution in [0.5, 0.6) is 17.2 Å². The van der Waals surface area contributed by atoms with Gasteiger partial charge >= 0.3 is 6.36 Å². The predicted molar refractivity (Wildman–Crippen MR) is 116 cm³/mol. The fourth-order valence-corrected chi connectivity index (χ4v) is 3.56. The monoisotopic (exact) mass is 477 g/mol. The Balaban J connectivity index is 1.20. The lowest BCUT2D eigenvalue weighted by molar-refractivity contribution is -0.274. The van der Waals surface area contributed by atoms with E-state index in [-0.39, 0.29) is 30.9 Å². The molecule has 0 spiro atoms. The van der Waals surface area contributed by atoms with E-state index in [4.69, 9.17) is 9.47 Å². The third-order valence-electron chi connectivity index (χ3n) is 5.24. The summed E-state index contributed by atoms with van der Waals surface area (Å²) < 4.78 is 51.1. The molecule has 34 heavy (non-hydrogen) atoms. The van der Waals surface area contributed by atoms with Crippen LogP contribution < -0.4 is 19.5 Å². The Morgan fingerprint density at radius 2 is 1.71 bits per heavy atom. The topological polar surface area (TPSA) is 80.3 Å². The van der Waals surface area contributed by atoms with Crippen LogP contribution in [0.15, 0.2) is 48.5 Å². The molecule has 8 nitrogen and oxygen atoms in total. The van der Waals surface area contributed by atoms with Gasteiger partial charge in [0.2, 0.25) is 18.6 Å². The van der Waals surface area contributed by atoms with E-state index in [2.05, 4.69) is 10.1 Å². The number of halogens is 3. The van der Waals surface area contributed by atoms with E-state index >= 15 is 0 Å². The summed E-state index contributed by atoms with van der Waals surface area (Å²) in [5, 5.41) is 2.64. The molecular formula is C23H22F3N3O5. The van der Waals surface area contributed by atoms with E-state index in [1.165, 1.54) is 18.2 Å². The molecule has 11 heteroatoms. The maximum Gasteiger partial charge on any atom is 0.573 e. The Hall–Kier alpha value is -3.73. The number of carbonyl (C=O) groups excluding carboxylic acids is 2. The molecule has 1 N–H and O–H groups in total. The highest BCUT2D eigenvalue weighted by atomic mass is 19.4. The lowest BCUT2D eigenvalue weighted by Crippen LogP contribution is -2.50. The number of hydrogen-bond acceptors (Lipinski definition) is 6. The lowest BCUT2D eigenvalue weighted by Gasteiger charge is -2.33. The van der Waals surface area contributed by atoms with Gasteiger partial charge in [-0.1, -0.05) is 6.07 Å². The second-order valence-corrected chi connectivity index (χ2v) is 7.67. The van der Waals surface area contributed by atoms with E-state index in [9.17, 15) is 22.8 Å². The van der Waals surface area contributed by atoms with Crippen LogP contribution in [0.2, 0.25) is 0 Å². The first kappa shape index (κ1) is 23.4. The standard InChI is InChI=1S/C23H22F3N3O5/c24-23(25,26)34-18-5-3-17(4-6-18)27-21(30)14-28-9-11-29(12-10-28)22(31)8-2-16-1-7-19-20(13-16)33-15-32-19/h1-8,13H,9-12,14-15H2,(H,27,30). The van der Waals surface area contributed by atoms with Crippen molar-refractivity contribution in [2.45, 2.75) is 6.36 Å². The molecule has 4 rings (SSSR count). The fraction of sp³-hybridized carbons (Fsp3) is 0.304. The minimum absolute atomic E-state index is 0.107. The number of fused-ring (bicyclic) bond motifs is 1. The number of carbonyl (C=O) groups is 2. The predicted octanol–water partition coefficient (Wildman–Crippen LogP) is 3.11. The molecule has 180 valence electrons. The first-order valence-electron chi connectivity index (χ1n) is 10.5. The van der Waals surface area contributed by atoms with Gasteiger partial charge in [0.1, 0.15) is 5.75 Å². The van der Waals surface area contributed by atoms with Crippen molar-refractivity contribution in [3.8, 4) is 17.2 Å². The Morgan fingerprint density at radius 1 is 1.00 bits per heavy atom. The van der Waals surface area contributed by atoms with Crippen LogP contribution in [-0.4, -0.2) is 67.5 Å². The Bertz CT molecular complexity index is 1060. The van der Waals surface area contributed by atoms with Gasteiger partial charge in [-0.15, -0.1) is 13.2 Å². The third kappa shape index (κ3) is 6.41. The molecule has 2 aliphatic heterocycles. The summed E-state index contributed by atoms with van der Waals surface area (Å²) in [6.45, 7) is 2.29. The van der Waals surface area contributed by atoms with Crippen molar-refractivity contribution in [3.05, 3.63) is 54.1 Å². The van der Waals surface area contributed by atoms with E-state index < -0.39 is 6.36 Å². The summed E-state index contributed by atoms with van der Waals surface area (Å²) in [6.07, 6.45) is -1.54. The zero-order valence-corrected chi connectivity index (χ0v) is 18.0. The number of amides is 2. The van der Waals surface area contributed by atoms with Crippen molar-refractivity contribution in [2.75, 3.05) is 44.8 Å². The quantitative estimate of drug-likeness (QED) is 0.645. The molecule has 0 saturated carbocycles. The molecule has 2 heterocycles. The van der Waals surface area contributed by atoms with Gasteiger partial charge in [-0.05, 0) is 48.0 Å². The van der Waals surface area contributed by atoms with Crippen LogP contribution >= 0.6 is 0 Å². The number of piperazine rings is 1. The van der Waals surface area contributed by atoms with Gasteiger partial charge in [-0.2, -0.15) is 0 Å². The maximum absolute atomic E-state index is 12.5. The van der Waals surface area contributed by atoms with Gasteiger partial charge in [0.15, 0.2) is 11.5 Å². The number of anilines is 1. The SMILES string of the molecule is O=C(CN1CCN(C(=O)C=Cc2ccc3c(c2)OCO3)CC1)Nc1ccc(OC(F)(F)F)cc1. The highest BCUT2D eigenvalue weighted by Gasteiger charge is 2.31. The molecule has 1 saturated heterocycles. The highest BCUT2D eigenvalue weighted by molar-refractivity contribution is 5.93. The number of nitrogens with one attached hydrogen (secondary N) is 1. The molecule has 0 aliphatic carbocycles. The van der Waals surface area contributed by atoms with Gasteiger partial charge in [-0.3, -0.25) is 14.5 Å². The second kappa shape index (κ2) is 10.0. The second-order valence-electron chi connectivity index (χ2n) is 7.67. The summed E-state index contributed by atoms with van der Waals surface area (Å²) >= 11 is 0. The van der Waals surface area contributed by atoms with Crippen molar-refractivity contribution in [3.63, 3.8) is 0 Å². The van der Waals surface area contributed by atoms with Crippen LogP contribution in [-0.2, 0) is 9.59 Å². The first-order chi connectivity index (χ1) is 16.2. The Morgan fingerprint density at radius 3 is 2.41 bits per heavy atom. The first-order valence-corrected chi connectivity index (χ1v) is 10.5. The van der Waals surface area contributed by atoms with E-state index in [1.54, 1.807) is 23.1 Å². The van der Waals surface area contributed by atoms with Gasteiger partial charge < -0.3 is 24.4 Å². The maximum atomic E-state index is 12.5. The van der Waals surface area contributed by atoms with Crippen molar-refractivity contribution in [1.29, 1.82) is 0 Å². The molecule has 2 aliphatic rings. The van der Waals surface area contributed by atoms with E-state index in [0.29, 0.717) is 43.4 Å². The minimum Gasteiger partial charge on any atom is -0.454 e. The number of alkyl halides is 3. The summed E-state index contributed by atoms with van der Waals surface area (Å²) in [5.74, 6) is 0.539. The van der Waals surface area contributed by atoms with Crippen molar-refractivity contribution in [2.24, 2.45) is 0 Å². The number of nitrogens with zero attached hydrogens (tertiary/aromatic N) is 2. The molecule has 0 aromatic heterocycles. The average Bonchev–Trinajstić information content (AvgIpc) is 3.26. The number of benzene rings is 2. The number of ether oxygens (including phenoxy) is 3. The molecule has 0 radical (unpaired) electrons. The van der Waals surface area contributed by atoms with Gasteiger partial charge in [0.25, 0.3) is 0 Å². The molecule has 0 unspecified atom stereocenters. The fourth-order valence-electron chi connectivity index (χ4n) is 3.56. The average molecular weight is 477 g/mol. The van der Waals surface area contributed by atoms with Crippen LogP contribution in [0, 0.1) is 0 Å². The molecule has 1 fully saturated rings. The van der Waals surface area contributed by atoms with Crippen LogP contribution in [0.3, 0.4) is 0 Å². The zero-order valence-electron chi connectivity index (χ0n) is 18.0. The van der Waals surface area contributed by atoms with Crippen molar-refractivity contribution in [1.82, 2.24) is 9.80 Å². The van der Waals surface area contributed by atoms with Gasteiger partial charge in [-0.25, -0.2) is 0 Å². The smallest absolute Gasteiger partial charge is 0.454 e. The van der Waals surface area contributed by atoms with Crippen LogP contribution in [0.1, 0.15) is 5.56 Å². The Kier molecular flexibility index (Phi) is 6.92. The minimum atomic E-state index is -4.77. The summed E-state index contributed by atoms with van der Waals surface area (Å²) in [7, 11) is 0. The summed E-state index contributed by atoms with van der Waals surface area (Å²) in [6, 6.07) is 10.4. The molecule has 2 aromatic rings. The van der Waals surface area contributed by atoms with Crippen LogP contribution in [0.25, 0.3) is 6.08 Å². The van der Waals surface area contributed by atoms with Crippen molar-refractivity contribution >= 4 is 23.6 Å². The molecule has 0 atom stereocenters. The van der Waals surface area contributed by atoms with E-state index in [0.717, 1.165) is 17.7 Å². The van der Waals surface area contributed by atoms with Gasteiger partial charge in [0, 0.05) is 37.9 Å². The number of hydrogen-bond donors (Lipinski definition) is 1. The Labute approximate surface area is 193 Å². The van der Waals surface area contributed by atoms with Crippen molar-refractivity contribution < 1.29 is 37.0 Å². The summed E-state index contributed by atoms with van der Waals surface area (Å²) in [4.78, 5) is 28.4. The molecule has 0 bridgehead atoms. The number of rotatable bonds is 6. The molecule has 2 aromatic carbocycles. The van der Waals surface area contributed by atoms with Gasteiger partial charge in [0.05, 0.1) is 6.54 Å². The zero-order chi connectivity index (χ0) is 24.1.